The first-order valence-corrected chi connectivity index (χ1v) is 13.9. The zero-order chi connectivity index (χ0) is 29.3. The predicted octanol–water partition coefficient (Wildman–Crippen LogP) is 3.99. The van der Waals surface area contributed by atoms with E-state index in [-0.39, 0.29) is 29.9 Å². The Morgan fingerprint density at radius 1 is 0.902 bits per heavy atom. The normalized spacial score (nSPS) is 17.2. The Hall–Kier alpha value is -4.11. The average Bonchev–Trinajstić information content (AvgIpc) is 3.39. The summed E-state index contributed by atoms with van der Waals surface area (Å²) in [6.45, 7) is 1.36. The van der Waals surface area contributed by atoms with E-state index < -0.39 is 17.7 Å². The van der Waals surface area contributed by atoms with Gasteiger partial charge in [-0.1, -0.05) is 18.2 Å². The van der Waals surface area contributed by atoms with Crippen LogP contribution >= 0.6 is 0 Å². The minimum absolute atomic E-state index is 0.0843. The molecule has 41 heavy (non-hydrogen) atoms. The SMILES string of the molecule is CN(C)c1ccc(C(=O)c2ccccc2C(=O)N2CCN(C(=O)C[C@H](N)[C@H]3CCc4cc(F)c(F)cc43)CC2)cc1. The summed E-state index contributed by atoms with van der Waals surface area (Å²) in [5.74, 6) is -2.58. The third kappa shape index (κ3) is 5.86. The van der Waals surface area contributed by atoms with Crippen LogP contribution in [-0.2, 0) is 11.2 Å². The molecule has 1 fully saturated rings. The second-order valence-corrected chi connectivity index (χ2v) is 11.0. The molecule has 2 N–H and O–H groups in total. The lowest BCUT2D eigenvalue weighted by Crippen LogP contribution is -2.51. The Morgan fingerprint density at radius 2 is 1.51 bits per heavy atom. The van der Waals surface area contributed by atoms with Gasteiger partial charge in [0.2, 0.25) is 5.91 Å². The molecule has 3 aromatic carbocycles. The average molecular weight is 561 g/mol. The monoisotopic (exact) mass is 560 g/mol. The number of nitrogens with two attached hydrogens (primary N) is 1. The molecule has 0 bridgehead atoms. The van der Waals surface area contributed by atoms with E-state index in [1.54, 1.807) is 46.2 Å². The quantitative estimate of drug-likeness (QED) is 0.442. The summed E-state index contributed by atoms with van der Waals surface area (Å²) < 4.78 is 27.5. The number of hydrogen-bond acceptors (Lipinski definition) is 5. The lowest BCUT2D eigenvalue weighted by atomic mass is 9.91. The smallest absolute Gasteiger partial charge is 0.254 e. The third-order valence-corrected chi connectivity index (χ3v) is 8.20. The van der Waals surface area contributed by atoms with Crippen LogP contribution in [0.1, 0.15) is 56.2 Å². The second-order valence-electron chi connectivity index (χ2n) is 11.0. The third-order valence-electron chi connectivity index (χ3n) is 8.20. The Labute approximate surface area is 238 Å². The lowest BCUT2D eigenvalue weighted by Gasteiger charge is -2.36. The van der Waals surface area contributed by atoms with Gasteiger partial charge in [-0.2, -0.15) is 0 Å². The van der Waals surface area contributed by atoms with Gasteiger partial charge < -0.3 is 20.4 Å². The first-order valence-electron chi connectivity index (χ1n) is 13.9. The molecule has 0 aromatic heterocycles. The molecule has 1 aliphatic heterocycles. The number of benzene rings is 3. The summed E-state index contributed by atoms with van der Waals surface area (Å²) in [5, 5.41) is 0. The van der Waals surface area contributed by atoms with Crippen molar-refractivity contribution >= 4 is 23.3 Å². The Morgan fingerprint density at radius 3 is 2.17 bits per heavy atom. The number of carbonyl (C=O) groups is 3. The molecular formula is C32H34F2N4O3. The molecule has 0 unspecified atom stereocenters. The van der Waals surface area contributed by atoms with Gasteiger partial charge in [0.1, 0.15) is 0 Å². The number of amides is 2. The largest absolute Gasteiger partial charge is 0.378 e. The maximum atomic E-state index is 13.8. The van der Waals surface area contributed by atoms with E-state index in [4.69, 9.17) is 5.73 Å². The van der Waals surface area contributed by atoms with E-state index in [9.17, 15) is 23.2 Å². The number of aryl methyl sites for hydroxylation is 1. The minimum Gasteiger partial charge on any atom is -0.378 e. The molecule has 1 aliphatic carbocycles. The number of hydrogen-bond donors (Lipinski definition) is 1. The number of piperazine rings is 1. The van der Waals surface area contributed by atoms with Gasteiger partial charge in [0.05, 0.1) is 5.56 Å². The van der Waals surface area contributed by atoms with Gasteiger partial charge in [-0.3, -0.25) is 14.4 Å². The Kier molecular flexibility index (Phi) is 8.17. The van der Waals surface area contributed by atoms with E-state index in [0.717, 1.165) is 11.3 Å². The van der Waals surface area contributed by atoms with E-state index in [1.807, 2.05) is 31.1 Å². The summed E-state index contributed by atoms with van der Waals surface area (Å²) >= 11 is 0. The van der Waals surface area contributed by atoms with Gasteiger partial charge >= 0.3 is 0 Å². The molecule has 1 saturated heterocycles. The van der Waals surface area contributed by atoms with Crippen molar-refractivity contribution in [3.05, 3.63) is 100 Å². The number of halogens is 2. The van der Waals surface area contributed by atoms with Crippen molar-refractivity contribution in [2.75, 3.05) is 45.2 Å². The van der Waals surface area contributed by atoms with Gasteiger partial charge in [0, 0.05) is 75.5 Å². The van der Waals surface area contributed by atoms with Crippen LogP contribution in [0.15, 0.2) is 60.7 Å². The number of fused-ring (bicyclic) bond motifs is 1. The fraction of sp³-hybridized carbons (Fsp3) is 0.344. The first kappa shape index (κ1) is 28.4. The number of nitrogens with zero attached hydrogens (tertiary/aromatic N) is 3. The molecule has 0 saturated carbocycles. The fourth-order valence-corrected chi connectivity index (χ4v) is 5.81. The highest BCUT2D eigenvalue weighted by atomic mass is 19.2. The number of anilines is 1. The number of ketones is 1. The van der Waals surface area contributed by atoms with Crippen molar-refractivity contribution in [3.8, 4) is 0 Å². The van der Waals surface area contributed by atoms with E-state index >= 15 is 0 Å². The summed E-state index contributed by atoms with van der Waals surface area (Å²) in [4.78, 5) is 45.2. The zero-order valence-corrected chi connectivity index (χ0v) is 23.3. The molecule has 214 valence electrons. The van der Waals surface area contributed by atoms with Crippen molar-refractivity contribution in [1.29, 1.82) is 0 Å². The topological polar surface area (TPSA) is 87.0 Å². The molecule has 3 aromatic rings. The molecule has 5 rings (SSSR count). The molecule has 2 atom stereocenters. The van der Waals surface area contributed by atoms with Crippen molar-refractivity contribution < 1.29 is 23.2 Å². The maximum absolute atomic E-state index is 13.8. The molecule has 9 heteroatoms. The van der Waals surface area contributed by atoms with Crippen LogP contribution in [0.3, 0.4) is 0 Å². The van der Waals surface area contributed by atoms with Crippen LogP contribution in [0.5, 0.6) is 0 Å². The molecule has 2 aliphatic rings. The van der Waals surface area contributed by atoms with E-state index in [1.165, 1.54) is 12.1 Å². The van der Waals surface area contributed by atoms with Gasteiger partial charge in [-0.25, -0.2) is 8.78 Å². The maximum Gasteiger partial charge on any atom is 0.254 e. The molecule has 0 radical (unpaired) electrons. The van der Waals surface area contributed by atoms with Crippen molar-refractivity contribution in [3.63, 3.8) is 0 Å². The zero-order valence-electron chi connectivity index (χ0n) is 23.3. The van der Waals surface area contributed by atoms with Crippen LogP contribution in [0.25, 0.3) is 0 Å². The number of carbonyl (C=O) groups excluding carboxylic acids is 3. The molecule has 7 nitrogen and oxygen atoms in total. The van der Waals surface area contributed by atoms with Crippen LogP contribution in [0.2, 0.25) is 0 Å². The Balaban J connectivity index is 1.20. The Bertz CT molecular complexity index is 1470. The highest BCUT2D eigenvalue weighted by Crippen LogP contribution is 2.37. The highest BCUT2D eigenvalue weighted by molar-refractivity contribution is 6.15. The summed E-state index contributed by atoms with van der Waals surface area (Å²) in [6, 6.07) is 16.0. The fourth-order valence-electron chi connectivity index (χ4n) is 5.81. The van der Waals surface area contributed by atoms with Crippen molar-refractivity contribution in [1.82, 2.24) is 9.80 Å². The van der Waals surface area contributed by atoms with Crippen molar-refractivity contribution in [2.45, 2.75) is 31.2 Å². The van der Waals surface area contributed by atoms with Gasteiger partial charge in [-0.05, 0) is 66.4 Å². The molecular weight excluding hydrogens is 526 g/mol. The number of rotatable bonds is 7. The lowest BCUT2D eigenvalue weighted by molar-refractivity contribution is -0.133. The van der Waals surface area contributed by atoms with Crippen LogP contribution < -0.4 is 10.6 Å². The highest BCUT2D eigenvalue weighted by Gasteiger charge is 2.33. The van der Waals surface area contributed by atoms with Gasteiger partial charge in [-0.15, -0.1) is 0 Å². The summed E-state index contributed by atoms with van der Waals surface area (Å²) in [7, 11) is 3.85. The minimum atomic E-state index is -0.902. The van der Waals surface area contributed by atoms with Crippen LogP contribution in [0.4, 0.5) is 14.5 Å². The molecule has 0 spiro atoms. The van der Waals surface area contributed by atoms with E-state index in [0.29, 0.717) is 61.3 Å². The van der Waals surface area contributed by atoms with Crippen LogP contribution in [0, 0.1) is 11.6 Å². The van der Waals surface area contributed by atoms with Crippen molar-refractivity contribution in [2.24, 2.45) is 5.73 Å². The summed E-state index contributed by atoms with van der Waals surface area (Å²) in [6.07, 6.45) is 1.33. The van der Waals surface area contributed by atoms with Gasteiger partial charge in [0.15, 0.2) is 17.4 Å². The molecule has 2 amide bonds. The predicted molar refractivity (Wildman–Crippen MR) is 153 cm³/mol. The standard InChI is InChI=1S/C32H34F2N4O3/c1-36(2)22-10-7-20(8-11-22)31(40)24-5-3-4-6-25(24)32(41)38-15-13-37(14-16-38)30(39)19-29(35)23-12-9-21-17-27(33)28(34)18-26(21)23/h3-8,10-11,17-18,23,29H,9,12-16,19,35H2,1-2H3/t23-,29-/m0/s1. The first-order chi connectivity index (χ1) is 19.6. The second kappa shape index (κ2) is 11.8. The van der Waals surface area contributed by atoms with E-state index in [2.05, 4.69) is 0 Å². The molecule has 1 heterocycles. The summed E-state index contributed by atoms with van der Waals surface area (Å²) in [5.41, 5.74) is 9.96. The van der Waals surface area contributed by atoms with Gasteiger partial charge in [0.25, 0.3) is 5.91 Å². The van der Waals surface area contributed by atoms with Crippen LogP contribution in [-0.4, -0.2) is 73.7 Å².